The molecule has 1 N–H and O–H groups in total. The Labute approximate surface area is 140 Å². The van der Waals surface area contributed by atoms with E-state index in [1.165, 1.54) is 12.0 Å². The van der Waals surface area contributed by atoms with E-state index in [1.54, 1.807) is 32.9 Å². The van der Waals surface area contributed by atoms with Gasteiger partial charge in [-0.2, -0.15) is 0 Å². The number of carbonyl (C=O) groups is 3. The highest BCUT2D eigenvalue weighted by Gasteiger charge is 2.35. The van der Waals surface area contributed by atoms with Crippen LogP contribution < -0.4 is 5.32 Å². The molecule has 0 radical (unpaired) electrons. The topological polar surface area (TPSA) is 84.9 Å². The number of carbonyl (C=O) groups excluding carboxylic acids is 3. The van der Waals surface area contributed by atoms with Gasteiger partial charge in [-0.1, -0.05) is 24.3 Å². The first-order valence-electron chi connectivity index (χ1n) is 7.64. The maximum atomic E-state index is 12.7. The van der Waals surface area contributed by atoms with E-state index < -0.39 is 23.7 Å². The molecule has 0 aromatic heterocycles. The molecule has 0 aliphatic carbocycles. The number of methoxy groups -OCH3 is 1. The van der Waals surface area contributed by atoms with Crippen molar-refractivity contribution in [2.45, 2.75) is 39.0 Å². The van der Waals surface area contributed by atoms with Crippen molar-refractivity contribution in [3.8, 4) is 0 Å². The summed E-state index contributed by atoms with van der Waals surface area (Å²) in [5.41, 5.74) is 0.893. The smallest absolute Gasteiger partial charge is 0.408 e. The van der Waals surface area contributed by atoms with Crippen molar-refractivity contribution < 1.29 is 23.9 Å². The van der Waals surface area contributed by atoms with Crippen molar-refractivity contribution in [1.82, 2.24) is 10.2 Å². The van der Waals surface area contributed by atoms with Gasteiger partial charge in [0.25, 0.3) is 5.91 Å². The number of nitrogens with zero attached hydrogens (tertiary/aromatic N) is 1. The first kappa shape index (κ1) is 17.8. The van der Waals surface area contributed by atoms with Crippen LogP contribution in [0.15, 0.2) is 24.3 Å². The van der Waals surface area contributed by atoms with Gasteiger partial charge in [-0.25, -0.2) is 4.79 Å². The molecule has 0 saturated heterocycles. The van der Waals surface area contributed by atoms with Crippen molar-refractivity contribution in [2.75, 3.05) is 13.7 Å². The Morgan fingerprint density at radius 3 is 2.58 bits per heavy atom. The maximum Gasteiger partial charge on any atom is 0.408 e. The van der Waals surface area contributed by atoms with Crippen molar-refractivity contribution in [3.63, 3.8) is 0 Å². The Balaban J connectivity index is 2.25. The van der Waals surface area contributed by atoms with Crippen LogP contribution in [-0.4, -0.2) is 42.1 Å². The summed E-state index contributed by atoms with van der Waals surface area (Å²) in [6, 6.07) is 6.39. The summed E-state index contributed by atoms with van der Waals surface area (Å²) in [5.74, 6) is -0.885. The minimum Gasteiger partial charge on any atom is -0.468 e. The molecule has 1 atom stereocenters. The van der Waals surface area contributed by atoms with Crippen LogP contribution in [0.25, 0.3) is 0 Å². The number of ether oxygens (including phenoxy) is 2. The number of benzene rings is 1. The summed E-state index contributed by atoms with van der Waals surface area (Å²) in [6.07, 6.45) is -0.685. The van der Waals surface area contributed by atoms with Gasteiger partial charge in [-0.15, -0.1) is 0 Å². The van der Waals surface area contributed by atoms with Gasteiger partial charge in [0.2, 0.25) is 0 Å². The Kier molecular flexibility index (Phi) is 5.11. The largest absolute Gasteiger partial charge is 0.468 e. The third-order valence-electron chi connectivity index (χ3n) is 3.49. The number of fused-ring (bicyclic) bond motifs is 1. The Morgan fingerprint density at radius 1 is 1.29 bits per heavy atom. The molecule has 1 aromatic rings. The summed E-state index contributed by atoms with van der Waals surface area (Å²) in [7, 11) is 1.27. The van der Waals surface area contributed by atoms with Crippen molar-refractivity contribution in [3.05, 3.63) is 35.4 Å². The van der Waals surface area contributed by atoms with Crippen molar-refractivity contribution in [2.24, 2.45) is 0 Å². The van der Waals surface area contributed by atoms with E-state index in [-0.39, 0.29) is 19.0 Å². The van der Waals surface area contributed by atoms with Gasteiger partial charge in [0, 0.05) is 6.54 Å². The number of amides is 2. The zero-order chi connectivity index (χ0) is 17.9. The van der Waals surface area contributed by atoms with Gasteiger partial charge < -0.3 is 19.7 Å². The van der Waals surface area contributed by atoms with E-state index in [0.29, 0.717) is 5.56 Å². The molecule has 7 nitrogen and oxygen atoms in total. The fourth-order valence-corrected chi connectivity index (χ4v) is 2.48. The van der Waals surface area contributed by atoms with E-state index >= 15 is 0 Å². The van der Waals surface area contributed by atoms with Crippen molar-refractivity contribution >= 4 is 18.0 Å². The van der Waals surface area contributed by atoms with E-state index in [9.17, 15) is 14.4 Å². The van der Waals surface area contributed by atoms with Gasteiger partial charge in [0.1, 0.15) is 18.2 Å². The zero-order valence-corrected chi connectivity index (χ0v) is 14.3. The molecule has 7 heteroatoms. The van der Waals surface area contributed by atoms with E-state index in [4.69, 9.17) is 4.74 Å². The highest BCUT2D eigenvalue weighted by Crippen LogP contribution is 2.28. The minimum absolute atomic E-state index is 0.170. The summed E-state index contributed by atoms with van der Waals surface area (Å²) >= 11 is 0. The number of alkyl carbamates (subject to hydrolysis) is 1. The van der Waals surface area contributed by atoms with Crippen LogP contribution in [0, 0.1) is 0 Å². The summed E-state index contributed by atoms with van der Waals surface area (Å²) in [4.78, 5) is 37.6. The Hall–Kier alpha value is -2.57. The van der Waals surface area contributed by atoms with Crippen LogP contribution in [0.5, 0.6) is 0 Å². The molecule has 0 saturated carbocycles. The molecule has 0 unspecified atom stereocenters. The molecule has 0 spiro atoms. The van der Waals surface area contributed by atoms with Crippen LogP contribution in [0.3, 0.4) is 0 Å². The molecule has 0 fully saturated rings. The summed E-state index contributed by atoms with van der Waals surface area (Å²) in [5, 5.41) is 2.60. The summed E-state index contributed by atoms with van der Waals surface area (Å²) < 4.78 is 9.86. The normalized spacial score (nSPS) is 17.1. The van der Waals surface area contributed by atoms with Gasteiger partial charge in [0.15, 0.2) is 0 Å². The Morgan fingerprint density at radius 2 is 1.96 bits per heavy atom. The highest BCUT2D eigenvalue weighted by molar-refractivity contribution is 5.91. The predicted octanol–water partition coefficient (Wildman–Crippen LogP) is 1.77. The van der Waals surface area contributed by atoms with Crippen LogP contribution in [0.4, 0.5) is 4.79 Å². The first-order valence-corrected chi connectivity index (χ1v) is 7.64. The molecule has 130 valence electrons. The van der Waals surface area contributed by atoms with E-state index in [1.807, 2.05) is 12.1 Å². The molecule has 2 amide bonds. The standard InChI is InChI=1S/C17H22N2O5/c1-17(2,3)24-16(22)18-14-12-8-6-5-7-11(12)9-19(15(14)21)10-13(20)23-4/h5-8,14H,9-10H2,1-4H3,(H,18,22)/t14-/m0/s1. The van der Waals surface area contributed by atoms with Gasteiger partial charge >= 0.3 is 12.1 Å². The number of nitrogens with one attached hydrogen (secondary N) is 1. The SMILES string of the molecule is COC(=O)CN1Cc2ccccc2[C@H](NC(=O)OC(C)(C)C)C1=O. The van der Waals surface area contributed by atoms with Gasteiger partial charge in [0.05, 0.1) is 7.11 Å². The number of hydrogen-bond acceptors (Lipinski definition) is 5. The second kappa shape index (κ2) is 6.90. The zero-order valence-electron chi connectivity index (χ0n) is 14.3. The van der Waals surface area contributed by atoms with Gasteiger partial charge in [-0.05, 0) is 31.9 Å². The highest BCUT2D eigenvalue weighted by atomic mass is 16.6. The lowest BCUT2D eigenvalue weighted by atomic mass is 9.94. The average Bonchev–Trinajstić information content (AvgIpc) is 2.49. The van der Waals surface area contributed by atoms with Crippen LogP contribution in [0.1, 0.15) is 37.9 Å². The minimum atomic E-state index is -0.894. The quantitative estimate of drug-likeness (QED) is 0.852. The third-order valence-corrected chi connectivity index (χ3v) is 3.49. The fraction of sp³-hybridized carbons (Fsp3) is 0.471. The fourth-order valence-electron chi connectivity index (χ4n) is 2.48. The molecule has 1 aromatic carbocycles. The van der Waals surface area contributed by atoms with Crippen LogP contribution in [-0.2, 0) is 25.6 Å². The molecule has 1 aliphatic rings. The number of rotatable bonds is 3. The second-order valence-electron chi connectivity index (χ2n) is 6.55. The average molecular weight is 334 g/mol. The molecule has 0 bridgehead atoms. The summed E-state index contributed by atoms with van der Waals surface area (Å²) in [6.45, 7) is 5.35. The monoisotopic (exact) mass is 334 g/mol. The number of esters is 1. The lowest BCUT2D eigenvalue weighted by Gasteiger charge is -2.34. The van der Waals surface area contributed by atoms with Crippen LogP contribution in [0.2, 0.25) is 0 Å². The van der Waals surface area contributed by atoms with Gasteiger partial charge in [-0.3, -0.25) is 9.59 Å². The molecule has 2 rings (SSSR count). The lowest BCUT2D eigenvalue weighted by Crippen LogP contribution is -2.48. The number of hydrogen-bond donors (Lipinski definition) is 1. The molecule has 24 heavy (non-hydrogen) atoms. The lowest BCUT2D eigenvalue weighted by molar-refractivity contribution is -0.148. The van der Waals surface area contributed by atoms with E-state index in [2.05, 4.69) is 10.1 Å². The molecule has 1 aliphatic heterocycles. The molecular weight excluding hydrogens is 312 g/mol. The first-order chi connectivity index (χ1) is 11.2. The molecule has 1 heterocycles. The third kappa shape index (κ3) is 4.24. The van der Waals surface area contributed by atoms with E-state index in [0.717, 1.165) is 5.56 Å². The van der Waals surface area contributed by atoms with Crippen LogP contribution >= 0.6 is 0 Å². The second-order valence-corrected chi connectivity index (χ2v) is 6.55. The van der Waals surface area contributed by atoms with Crippen molar-refractivity contribution in [1.29, 1.82) is 0 Å². The maximum absolute atomic E-state index is 12.7. The predicted molar refractivity (Wildman–Crippen MR) is 86.0 cm³/mol. The Bertz CT molecular complexity index is 651. The molecular formula is C17H22N2O5.